The van der Waals surface area contributed by atoms with Crippen LogP contribution in [0.5, 0.6) is 0 Å². The molecule has 0 saturated carbocycles. The number of piperazine rings is 1. The van der Waals surface area contributed by atoms with E-state index < -0.39 is 47.7 Å². The summed E-state index contributed by atoms with van der Waals surface area (Å²) in [5.41, 5.74) is -1.93. The van der Waals surface area contributed by atoms with Crippen molar-refractivity contribution in [3.05, 3.63) is 36.0 Å². The Labute approximate surface area is 268 Å². The molecule has 0 aromatic rings. The fourth-order valence-corrected chi connectivity index (χ4v) is 5.97. The van der Waals surface area contributed by atoms with Crippen molar-refractivity contribution in [1.29, 1.82) is 0 Å². The number of likely N-dealkylation sites (N-methyl/N-ethyl adjacent to an activating group) is 1. The van der Waals surface area contributed by atoms with Crippen molar-refractivity contribution in [2.24, 2.45) is 11.8 Å². The molecule has 3 aliphatic rings. The summed E-state index contributed by atoms with van der Waals surface area (Å²) in [6, 6.07) is 0. The number of aliphatic hydroxyl groups excluding tert-OH is 2. The second kappa shape index (κ2) is 16.0. The largest absolute Gasteiger partial charge is 0.457 e. The van der Waals surface area contributed by atoms with Gasteiger partial charge in [-0.3, -0.25) is 4.79 Å². The van der Waals surface area contributed by atoms with E-state index in [1.54, 1.807) is 49.1 Å². The van der Waals surface area contributed by atoms with Crippen LogP contribution in [0.3, 0.4) is 0 Å². The Bertz CT molecular complexity index is 1080. The van der Waals surface area contributed by atoms with Crippen LogP contribution in [-0.2, 0) is 19.0 Å². The van der Waals surface area contributed by atoms with Crippen molar-refractivity contribution in [3.63, 3.8) is 0 Å². The minimum Gasteiger partial charge on any atom is -0.457 e. The van der Waals surface area contributed by atoms with Crippen LogP contribution in [0.25, 0.3) is 0 Å². The Balaban J connectivity index is 1.74. The molecule has 3 rings (SSSR count). The first-order valence-corrected chi connectivity index (χ1v) is 16.4. The van der Waals surface area contributed by atoms with E-state index in [9.17, 15) is 30.0 Å². The molecule has 0 aliphatic carbocycles. The van der Waals surface area contributed by atoms with Gasteiger partial charge in [-0.2, -0.15) is 0 Å². The fraction of sp³-hybridized carbons (Fsp3) is 0.765. The molecule has 3 heterocycles. The lowest BCUT2D eigenvalue weighted by Gasteiger charge is -2.36. The first-order chi connectivity index (χ1) is 21.0. The minimum atomic E-state index is -1.48. The second-order valence-corrected chi connectivity index (χ2v) is 13.8. The molecular weight excluding hydrogens is 580 g/mol. The highest BCUT2D eigenvalue weighted by Crippen LogP contribution is 2.37. The van der Waals surface area contributed by atoms with E-state index in [0.29, 0.717) is 31.5 Å². The van der Waals surface area contributed by atoms with Crippen LogP contribution in [0, 0.1) is 11.8 Å². The molecule has 10 atom stereocenters. The van der Waals surface area contributed by atoms with E-state index in [-0.39, 0.29) is 43.3 Å². The molecule has 4 N–H and O–H groups in total. The number of nitrogens with zero attached hydrogens (tertiary/aromatic N) is 2. The van der Waals surface area contributed by atoms with Crippen molar-refractivity contribution in [2.45, 2.75) is 121 Å². The average Bonchev–Trinajstić information content (AvgIpc) is 3.73. The van der Waals surface area contributed by atoms with Gasteiger partial charge in [-0.15, -0.1) is 0 Å². The molecule has 0 aromatic carbocycles. The van der Waals surface area contributed by atoms with Gasteiger partial charge in [0.1, 0.15) is 11.7 Å². The summed E-state index contributed by atoms with van der Waals surface area (Å²) in [4.78, 5) is 29.6. The van der Waals surface area contributed by atoms with Gasteiger partial charge in [0.25, 0.3) is 0 Å². The summed E-state index contributed by atoms with van der Waals surface area (Å²) in [6.45, 7) is 13.3. The number of rotatable bonds is 9. The smallest absolute Gasteiger partial charge is 0.410 e. The number of cyclic esters (lactones) is 1. The SMILES string of the molecule is CC[C@H](O)[C@@H](C)[C@H]1O[C@@H]1CC(C)(O)/C=C/C=C(\C)[C@H]1OC(=O)C[C@H](O)CC[C@@](C)(O)[C@@H](OC(=O)N2CCN(C)CC2)/C=C/[C@@H]1C. The van der Waals surface area contributed by atoms with Crippen molar-refractivity contribution in [3.8, 4) is 0 Å². The van der Waals surface area contributed by atoms with E-state index >= 15 is 0 Å². The summed E-state index contributed by atoms with van der Waals surface area (Å²) in [6.07, 6.45) is 5.71. The quantitative estimate of drug-likeness (QED) is 0.129. The molecule has 0 radical (unpaired) electrons. The number of esters is 1. The third-order valence-corrected chi connectivity index (χ3v) is 9.36. The number of epoxide rings is 1. The van der Waals surface area contributed by atoms with E-state index in [4.69, 9.17) is 14.2 Å². The zero-order valence-electron chi connectivity index (χ0n) is 28.1. The Morgan fingerprint density at radius 3 is 2.58 bits per heavy atom. The standard InChI is InChI=1S/C34H56N2O9/c1-8-26(38)24(4)31-27(43-31)21-33(5,41)14-9-10-22(2)30-23(3)11-12-28(44-32(40)36-18-16-35(7)17-19-36)34(6,42)15-13-25(37)20-29(39)45-30/h9-12,14,23-28,30-31,37-38,41-42H,8,13,15-21H2,1-7H3/b12-11+,14-9+,22-10+/t23-,24+,25+,26-,27+,28-,30+,31+,33?,34+/m0/s1. The Morgan fingerprint density at radius 1 is 1.27 bits per heavy atom. The van der Waals surface area contributed by atoms with Crippen LogP contribution in [0.15, 0.2) is 36.0 Å². The number of amides is 1. The maximum atomic E-state index is 13.0. The first-order valence-electron chi connectivity index (χ1n) is 16.4. The van der Waals surface area contributed by atoms with Gasteiger partial charge >= 0.3 is 12.1 Å². The van der Waals surface area contributed by atoms with Gasteiger partial charge in [0.15, 0.2) is 6.10 Å². The number of carbonyl (C=O) groups is 2. The molecule has 1 unspecified atom stereocenters. The van der Waals surface area contributed by atoms with Gasteiger partial charge < -0.3 is 44.4 Å². The van der Waals surface area contributed by atoms with Gasteiger partial charge in [-0.05, 0) is 58.7 Å². The predicted octanol–water partition coefficient (Wildman–Crippen LogP) is 2.96. The van der Waals surface area contributed by atoms with Crippen LogP contribution < -0.4 is 0 Å². The molecule has 11 nitrogen and oxygen atoms in total. The molecular formula is C34H56N2O9. The number of aliphatic hydroxyl groups is 4. The lowest BCUT2D eigenvalue weighted by molar-refractivity contribution is -0.151. The van der Waals surface area contributed by atoms with Gasteiger partial charge in [-0.1, -0.05) is 45.1 Å². The number of hydrogen-bond donors (Lipinski definition) is 4. The van der Waals surface area contributed by atoms with E-state index in [1.807, 2.05) is 34.7 Å². The third kappa shape index (κ3) is 11.2. The molecule has 256 valence electrons. The van der Waals surface area contributed by atoms with Gasteiger partial charge in [-0.25, -0.2) is 4.79 Å². The molecule has 2 fully saturated rings. The van der Waals surface area contributed by atoms with Crippen LogP contribution >= 0.6 is 0 Å². The lowest BCUT2D eigenvalue weighted by atomic mass is 9.88. The zero-order chi connectivity index (χ0) is 33.5. The predicted molar refractivity (Wildman–Crippen MR) is 170 cm³/mol. The molecule has 2 saturated heterocycles. The summed E-state index contributed by atoms with van der Waals surface area (Å²) >= 11 is 0. The number of ether oxygens (including phenoxy) is 3. The molecule has 0 aromatic heterocycles. The van der Waals surface area contributed by atoms with Gasteiger partial charge in [0.2, 0.25) is 0 Å². The van der Waals surface area contributed by atoms with Crippen LogP contribution in [0.2, 0.25) is 0 Å². The van der Waals surface area contributed by atoms with Crippen molar-refractivity contribution >= 4 is 12.1 Å². The molecule has 11 heteroatoms. The van der Waals surface area contributed by atoms with E-state index in [2.05, 4.69) is 4.90 Å². The first kappa shape index (κ1) is 37.2. The molecule has 45 heavy (non-hydrogen) atoms. The zero-order valence-corrected chi connectivity index (χ0v) is 28.1. The van der Waals surface area contributed by atoms with E-state index in [1.165, 1.54) is 0 Å². The number of hydrogen-bond acceptors (Lipinski definition) is 10. The summed E-state index contributed by atoms with van der Waals surface area (Å²) in [7, 11) is 1.99. The summed E-state index contributed by atoms with van der Waals surface area (Å²) in [5.74, 6) is -0.942. The molecule has 0 bridgehead atoms. The molecule has 3 aliphatic heterocycles. The molecule has 0 spiro atoms. The highest BCUT2D eigenvalue weighted by Gasteiger charge is 2.47. The van der Waals surface area contributed by atoms with Crippen LogP contribution in [-0.4, -0.2) is 123 Å². The van der Waals surface area contributed by atoms with Crippen molar-refractivity contribution < 1.29 is 44.2 Å². The lowest BCUT2D eigenvalue weighted by Crippen LogP contribution is -2.50. The number of allylic oxidation sites excluding steroid dienone is 2. The van der Waals surface area contributed by atoms with Crippen LogP contribution in [0.4, 0.5) is 4.79 Å². The van der Waals surface area contributed by atoms with Gasteiger partial charge in [0, 0.05) is 44.4 Å². The molecule has 1 amide bonds. The third-order valence-electron chi connectivity index (χ3n) is 9.36. The minimum absolute atomic E-state index is 0.00985. The fourth-order valence-electron chi connectivity index (χ4n) is 5.97. The van der Waals surface area contributed by atoms with Gasteiger partial charge in [0.05, 0.1) is 36.4 Å². The van der Waals surface area contributed by atoms with Crippen LogP contribution in [0.1, 0.15) is 73.6 Å². The Morgan fingerprint density at radius 2 is 1.93 bits per heavy atom. The topological polar surface area (TPSA) is 153 Å². The average molecular weight is 637 g/mol. The highest BCUT2D eigenvalue weighted by molar-refractivity contribution is 5.70. The van der Waals surface area contributed by atoms with Crippen molar-refractivity contribution in [2.75, 3.05) is 33.2 Å². The number of carbonyl (C=O) groups excluding carboxylic acids is 2. The normalized spacial score (nSPS) is 35.8. The van der Waals surface area contributed by atoms with E-state index in [0.717, 1.165) is 13.1 Å². The van der Waals surface area contributed by atoms with Crippen molar-refractivity contribution in [1.82, 2.24) is 9.80 Å². The summed E-state index contributed by atoms with van der Waals surface area (Å²) in [5, 5.41) is 43.0. The maximum Gasteiger partial charge on any atom is 0.410 e. The second-order valence-electron chi connectivity index (χ2n) is 13.8. The summed E-state index contributed by atoms with van der Waals surface area (Å²) < 4.78 is 17.4. The Hall–Kier alpha value is -2.28. The monoisotopic (exact) mass is 636 g/mol. The highest BCUT2D eigenvalue weighted by atomic mass is 16.6. The maximum absolute atomic E-state index is 13.0. The Kier molecular flexibility index (Phi) is 13.2.